The molecule has 0 aliphatic carbocycles. The minimum atomic E-state index is -3.56. The van der Waals surface area contributed by atoms with Gasteiger partial charge in [0.15, 0.2) is 0 Å². The Hall–Kier alpha value is -3.21. The zero-order valence-corrected chi connectivity index (χ0v) is 20.5. The van der Waals surface area contributed by atoms with Crippen molar-refractivity contribution in [3.05, 3.63) is 84.1 Å². The lowest BCUT2D eigenvalue weighted by Gasteiger charge is -2.39. The second kappa shape index (κ2) is 10.6. The van der Waals surface area contributed by atoms with Crippen LogP contribution >= 0.6 is 0 Å². The molecule has 0 saturated carbocycles. The van der Waals surface area contributed by atoms with Crippen LogP contribution in [0.4, 0.5) is 10.1 Å². The van der Waals surface area contributed by atoms with Gasteiger partial charge in [-0.2, -0.15) is 0 Å². The molecular formula is C25H29FN4O4S. The molecule has 1 aliphatic rings. The standard InChI is InChI=1S/C25H29FN4O4S/c1-28(2)35(32,33)22-11-5-19(6-12-22)25(31)27-18-23(24-4-3-17-34-24)30-15-13-29(14-16-30)21-9-7-20(26)8-10-21/h3-12,17,23H,13-16,18H2,1-2H3,(H,27,31). The van der Waals surface area contributed by atoms with Crippen molar-refractivity contribution >= 4 is 21.6 Å². The summed E-state index contributed by atoms with van der Waals surface area (Å²) in [6.45, 7) is 3.35. The molecule has 1 N–H and O–H groups in total. The number of rotatable bonds is 8. The van der Waals surface area contributed by atoms with Crippen molar-refractivity contribution in [2.45, 2.75) is 10.9 Å². The van der Waals surface area contributed by atoms with Gasteiger partial charge in [0.2, 0.25) is 10.0 Å². The maximum absolute atomic E-state index is 13.3. The number of anilines is 1. The molecule has 1 saturated heterocycles. The topological polar surface area (TPSA) is 86.1 Å². The molecule has 1 fully saturated rings. The molecular weight excluding hydrogens is 471 g/mol. The van der Waals surface area contributed by atoms with Gasteiger partial charge in [-0.3, -0.25) is 9.69 Å². The van der Waals surface area contributed by atoms with Crippen molar-refractivity contribution in [2.24, 2.45) is 0 Å². The first-order valence-corrected chi connectivity index (χ1v) is 12.8. The number of hydrogen-bond donors (Lipinski definition) is 1. The largest absolute Gasteiger partial charge is 0.468 e. The number of nitrogens with zero attached hydrogens (tertiary/aromatic N) is 3. The van der Waals surface area contributed by atoms with E-state index in [1.807, 2.05) is 12.1 Å². The van der Waals surface area contributed by atoms with Crippen LogP contribution in [0, 0.1) is 5.82 Å². The Kier molecular flexibility index (Phi) is 7.54. The molecule has 1 aliphatic heterocycles. The first kappa shape index (κ1) is 24.9. The molecule has 1 unspecified atom stereocenters. The quantitative estimate of drug-likeness (QED) is 0.512. The lowest BCUT2D eigenvalue weighted by molar-refractivity contribution is 0.0922. The summed E-state index contributed by atoms with van der Waals surface area (Å²) >= 11 is 0. The van der Waals surface area contributed by atoms with Gasteiger partial charge in [-0.25, -0.2) is 17.1 Å². The summed E-state index contributed by atoms with van der Waals surface area (Å²) < 4.78 is 44.6. The van der Waals surface area contributed by atoms with Gasteiger partial charge in [-0.15, -0.1) is 0 Å². The maximum Gasteiger partial charge on any atom is 0.251 e. The minimum Gasteiger partial charge on any atom is -0.468 e. The zero-order valence-electron chi connectivity index (χ0n) is 19.7. The lowest BCUT2D eigenvalue weighted by atomic mass is 10.1. The van der Waals surface area contributed by atoms with E-state index in [-0.39, 0.29) is 22.7 Å². The molecule has 2 aromatic carbocycles. The first-order valence-electron chi connectivity index (χ1n) is 11.3. The molecule has 4 rings (SSSR count). The fourth-order valence-corrected chi connectivity index (χ4v) is 5.02. The van der Waals surface area contributed by atoms with E-state index in [0.29, 0.717) is 12.1 Å². The van der Waals surface area contributed by atoms with E-state index in [1.54, 1.807) is 18.4 Å². The van der Waals surface area contributed by atoms with Crippen LogP contribution in [0.15, 0.2) is 76.2 Å². The SMILES string of the molecule is CN(C)S(=O)(=O)c1ccc(C(=O)NCC(c2ccco2)N2CCN(c3ccc(F)cc3)CC2)cc1. The van der Waals surface area contributed by atoms with Crippen LogP contribution in [0.3, 0.4) is 0 Å². The monoisotopic (exact) mass is 500 g/mol. The van der Waals surface area contributed by atoms with Gasteiger partial charge in [0.1, 0.15) is 11.6 Å². The predicted octanol–water partition coefficient (Wildman–Crippen LogP) is 2.96. The molecule has 2 heterocycles. The average Bonchev–Trinajstić information content (AvgIpc) is 3.39. The van der Waals surface area contributed by atoms with Gasteiger partial charge < -0.3 is 14.6 Å². The molecule has 8 nitrogen and oxygen atoms in total. The van der Waals surface area contributed by atoms with Crippen LogP contribution in [0.5, 0.6) is 0 Å². The smallest absolute Gasteiger partial charge is 0.251 e. The van der Waals surface area contributed by atoms with Crippen molar-refractivity contribution in [1.82, 2.24) is 14.5 Å². The van der Waals surface area contributed by atoms with E-state index >= 15 is 0 Å². The summed E-state index contributed by atoms with van der Waals surface area (Å²) in [5, 5.41) is 2.96. The summed E-state index contributed by atoms with van der Waals surface area (Å²) in [6, 6.07) is 15.9. The highest BCUT2D eigenvalue weighted by Crippen LogP contribution is 2.25. The third-order valence-electron chi connectivity index (χ3n) is 6.17. The minimum absolute atomic E-state index is 0.131. The molecule has 0 spiro atoms. The highest BCUT2D eigenvalue weighted by Gasteiger charge is 2.28. The molecule has 3 aromatic rings. The summed E-state index contributed by atoms with van der Waals surface area (Å²) in [5.41, 5.74) is 1.36. The van der Waals surface area contributed by atoms with Gasteiger partial charge >= 0.3 is 0 Å². The predicted molar refractivity (Wildman–Crippen MR) is 131 cm³/mol. The Bertz CT molecular complexity index is 1220. The number of sulfonamides is 1. The lowest BCUT2D eigenvalue weighted by Crippen LogP contribution is -2.49. The molecule has 1 atom stereocenters. The number of carbonyl (C=O) groups is 1. The Balaban J connectivity index is 1.40. The molecule has 10 heteroatoms. The van der Waals surface area contributed by atoms with Crippen molar-refractivity contribution in [3.8, 4) is 0 Å². The summed E-state index contributed by atoms with van der Waals surface area (Å²) in [7, 11) is -0.631. The molecule has 0 radical (unpaired) electrons. The highest BCUT2D eigenvalue weighted by atomic mass is 32.2. The van der Waals surface area contributed by atoms with E-state index in [4.69, 9.17) is 4.42 Å². The number of carbonyl (C=O) groups excluding carboxylic acids is 1. The number of amides is 1. The van der Waals surface area contributed by atoms with E-state index in [1.165, 1.54) is 50.5 Å². The normalized spacial score (nSPS) is 15.8. The third kappa shape index (κ3) is 5.72. The Labute approximate surface area is 205 Å². The summed E-state index contributed by atoms with van der Waals surface area (Å²) in [6.07, 6.45) is 1.61. The fraction of sp³-hybridized carbons (Fsp3) is 0.320. The Morgan fingerprint density at radius 3 is 2.26 bits per heavy atom. The zero-order chi connectivity index (χ0) is 25.0. The van der Waals surface area contributed by atoms with Crippen molar-refractivity contribution < 1.29 is 22.0 Å². The summed E-state index contributed by atoms with van der Waals surface area (Å²) in [4.78, 5) is 17.4. The van der Waals surface area contributed by atoms with Crippen LogP contribution in [0.1, 0.15) is 22.2 Å². The average molecular weight is 501 g/mol. The number of benzene rings is 2. The Morgan fingerprint density at radius 1 is 1.03 bits per heavy atom. The second-order valence-electron chi connectivity index (χ2n) is 8.55. The first-order chi connectivity index (χ1) is 16.8. The molecule has 0 bridgehead atoms. The van der Waals surface area contributed by atoms with Crippen LogP contribution in [-0.2, 0) is 10.0 Å². The number of halogens is 1. The van der Waals surface area contributed by atoms with Gasteiger partial charge in [-0.1, -0.05) is 0 Å². The van der Waals surface area contributed by atoms with E-state index in [2.05, 4.69) is 15.1 Å². The number of hydrogen-bond acceptors (Lipinski definition) is 6. The summed E-state index contributed by atoms with van der Waals surface area (Å²) in [5.74, 6) is 0.211. The number of furan rings is 1. The van der Waals surface area contributed by atoms with E-state index in [0.717, 1.165) is 41.9 Å². The molecule has 1 aromatic heterocycles. The van der Waals surface area contributed by atoms with Crippen molar-refractivity contribution in [2.75, 3.05) is 51.7 Å². The van der Waals surface area contributed by atoms with Crippen LogP contribution in [0.2, 0.25) is 0 Å². The van der Waals surface area contributed by atoms with Gasteiger partial charge in [0, 0.05) is 58.1 Å². The number of piperazine rings is 1. The molecule has 1 amide bonds. The van der Waals surface area contributed by atoms with E-state index in [9.17, 15) is 17.6 Å². The van der Waals surface area contributed by atoms with Crippen molar-refractivity contribution in [3.63, 3.8) is 0 Å². The van der Waals surface area contributed by atoms with Gasteiger partial charge in [0.05, 0.1) is 17.2 Å². The fourth-order valence-electron chi connectivity index (χ4n) is 4.11. The molecule has 35 heavy (non-hydrogen) atoms. The van der Waals surface area contributed by atoms with Crippen LogP contribution in [-0.4, -0.2) is 70.3 Å². The highest BCUT2D eigenvalue weighted by molar-refractivity contribution is 7.89. The van der Waals surface area contributed by atoms with E-state index < -0.39 is 10.0 Å². The van der Waals surface area contributed by atoms with Gasteiger partial charge in [0.25, 0.3) is 5.91 Å². The second-order valence-corrected chi connectivity index (χ2v) is 10.7. The van der Waals surface area contributed by atoms with Crippen LogP contribution in [0.25, 0.3) is 0 Å². The van der Waals surface area contributed by atoms with Crippen LogP contribution < -0.4 is 10.2 Å². The molecule has 186 valence electrons. The van der Waals surface area contributed by atoms with Gasteiger partial charge in [-0.05, 0) is 60.7 Å². The maximum atomic E-state index is 13.3. The Morgan fingerprint density at radius 2 is 1.69 bits per heavy atom. The third-order valence-corrected chi connectivity index (χ3v) is 8.00. The number of nitrogens with one attached hydrogen (secondary N) is 1. The van der Waals surface area contributed by atoms with Crippen molar-refractivity contribution in [1.29, 1.82) is 0 Å².